The lowest BCUT2D eigenvalue weighted by molar-refractivity contribution is 0.241. The van der Waals surface area contributed by atoms with Crippen molar-refractivity contribution in [3.8, 4) is 5.88 Å². The highest BCUT2D eigenvalue weighted by atomic mass is 35.5. The number of halogens is 1. The van der Waals surface area contributed by atoms with Crippen LogP contribution < -0.4 is 10.5 Å². The maximum Gasteiger partial charge on any atom is 0.212 e. The van der Waals surface area contributed by atoms with E-state index in [1.807, 2.05) is 43.4 Å². The number of nitrogens with two attached hydrogens (primary N) is 1. The zero-order valence-corrected chi connectivity index (χ0v) is 13.0. The van der Waals surface area contributed by atoms with Crippen LogP contribution in [-0.2, 0) is 6.54 Å². The summed E-state index contributed by atoms with van der Waals surface area (Å²) in [6.45, 7) is 1.24. The highest BCUT2D eigenvalue weighted by molar-refractivity contribution is 6.31. The lowest BCUT2D eigenvalue weighted by atomic mass is 10.1. The van der Waals surface area contributed by atoms with Gasteiger partial charge in [-0.15, -0.1) is 0 Å². The number of likely N-dealkylation sites (N-methyl/N-ethyl adjacent to an activating group) is 1. The van der Waals surface area contributed by atoms with E-state index in [2.05, 4.69) is 9.88 Å². The lowest BCUT2D eigenvalue weighted by Gasteiger charge is -2.27. The number of rotatable bonds is 6. The largest absolute Gasteiger partial charge is 0.481 e. The summed E-state index contributed by atoms with van der Waals surface area (Å²) < 4.78 is 5.08. The van der Waals surface area contributed by atoms with E-state index in [1.54, 1.807) is 13.3 Å². The Bertz CT molecular complexity index is 574. The van der Waals surface area contributed by atoms with Gasteiger partial charge in [-0.25, -0.2) is 4.98 Å². The Kier molecular flexibility index (Phi) is 5.56. The Morgan fingerprint density at radius 1 is 1.29 bits per heavy atom. The number of nitrogens with zero attached hydrogens (tertiary/aromatic N) is 2. The topological polar surface area (TPSA) is 51.4 Å². The molecule has 0 bridgehead atoms. The van der Waals surface area contributed by atoms with Gasteiger partial charge in [-0.1, -0.05) is 35.9 Å². The molecule has 0 aliphatic heterocycles. The van der Waals surface area contributed by atoms with E-state index in [1.165, 1.54) is 0 Å². The molecule has 0 fully saturated rings. The van der Waals surface area contributed by atoms with Gasteiger partial charge in [-0.3, -0.25) is 4.90 Å². The number of ether oxygens (including phenoxy) is 1. The van der Waals surface area contributed by atoms with E-state index in [0.717, 1.165) is 22.7 Å². The maximum absolute atomic E-state index is 6.21. The molecule has 2 N–H and O–H groups in total. The number of methoxy groups -OCH3 is 1. The molecule has 0 spiro atoms. The van der Waals surface area contributed by atoms with Crippen LogP contribution >= 0.6 is 11.6 Å². The Morgan fingerprint density at radius 2 is 2.05 bits per heavy atom. The summed E-state index contributed by atoms with van der Waals surface area (Å²) in [7, 11) is 3.64. The van der Waals surface area contributed by atoms with Gasteiger partial charge in [-0.2, -0.15) is 0 Å². The Hall–Kier alpha value is -1.62. The van der Waals surface area contributed by atoms with Crippen molar-refractivity contribution in [2.24, 2.45) is 5.73 Å². The summed E-state index contributed by atoms with van der Waals surface area (Å²) in [5.41, 5.74) is 8.08. The minimum absolute atomic E-state index is 0.0830. The summed E-state index contributed by atoms with van der Waals surface area (Å²) >= 11 is 6.21. The number of aromatic nitrogens is 1. The zero-order valence-electron chi connectivity index (χ0n) is 12.3. The van der Waals surface area contributed by atoms with Crippen LogP contribution in [0.1, 0.15) is 17.2 Å². The van der Waals surface area contributed by atoms with Gasteiger partial charge in [0.15, 0.2) is 0 Å². The molecule has 21 heavy (non-hydrogen) atoms. The molecule has 0 saturated heterocycles. The average Bonchev–Trinajstić information content (AvgIpc) is 2.51. The number of pyridine rings is 1. The summed E-state index contributed by atoms with van der Waals surface area (Å²) in [6, 6.07) is 11.8. The highest BCUT2D eigenvalue weighted by Gasteiger charge is 2.17. The van der Waals surface area contributed by atoms with Crippen molar-refractivity contribution in [2.45, 2.75) is 12.6 Å². The molecule has 0 radical (unpaired) electrons. The number of hydrogen-bond acceptors (Lipinski definition) is 4. The van der Waals surface area contributed by atoms with Crippen molar-refractivity contribution in [3.05, 3.63) is 58.7 Å². The lowest BCUT2D eigenvalue weighted by Crippen LogP contribution is -2.30. The smallest absolute Gasteiger partial charge is 0.212 e. The van der Waals surface area contributed by atoms with Crippen molar-refractivity contribution in [2.75, 3.05) is 20.7 Å². The molecule has 1 unspecified atom stereocenters. The van der Waals surface area contributed by atoms with Crippen LogP contribution in [0.15, 0.2) is 42.6 Å². The second-order valence-electron chi connectivity index (χ2n) is 4.89. The molecular weight excluding hydrogens is 286 g/mol. The normalized spacial score (nSPS) is 12.4. The van der Waals surface area contributed by atoms with Gasteiger partial charge >= 0.3 is 0 Å². The summed E-state index contributed by atoms with van der Waals surface area (Å²) in [6.07, 6.45) is 1.81. The summed E-state index contributed by atoms with van der Waals surface area (Å²) in [4.78, 5) is 6.41. The minimum Gasteiger partial charge on any atom is -0.481 e. The van der Waals surface area contributed by atoms with Gasteiger partial charge in [0.05, 0.1) is 7.11 Å². The molecule has 4 nitrogen and oxygen atoms in total. The third-order valence-corrected chi connectivity index (χ3v) is 3.85. The summed E-state index contributed by atoms with van der Waals surface area (Å²) in [5.74, 6) is 0.600. The standard InChI is InChI=1S/C16H20ClN3O/c1-20(11-13-5-3-4-6-14(13)17)15(9-18)12-7-8-16(21-2)19-10-12/h3-8,10,15H,9,11,18H2,1-2H3. The number of benzene rings is 1. The first-order valence-corrected chi connectivity index (χ1v) is 7.17. The van der Waals surface area contributed by atoms with Crippen LogP contribution in [0.5, 0.6) is 5.88 Å². The maximum atomic E-state index is 6.21. The van der Waals surface area contributed by atoms with Crippen molar-refractivity contribution in [3.63, 3.8) is 0 Å². The molecule has 2 aromatic rings. The van der Waals surface area contributed by atoms with Gasteiger partial charge in [0.1, 0.15) is 0 Å². The van der Waals surface area contributed by atoms with Gasteiger partial charge in [0.2, 0.25) is 5.88 Å². The van der Waals surface area contributed by atoms with Crippen molar-refractivity contribution < 1.29 is 4.74 Å². The molecule has 1 aromatic carbocycles. The molecule has 0 amide bonds. The fraction of sp³-hybridized carbons (Fsp3) is 0.312. The van der Waals surface area contributed by atoms with Gasteiger partial charge in [0.25, 0.3) is 0 Å². The molecule has 0 saturated carbocycles. The van der Waals surface area contributed by atoms with Crippen LogP contribution in [0.25, 0.3) is 0 Å². The first-order valence-electron chi connectivity index (χ1n) is 6.79. The minimum atomic E-state index is 0.0830. The second-order valence-corrected chi connectivity index (χ2v) is 5.30. The molecule has 1 heterocycles. The Morgan fingerprint density at radius 3 is 2.62 bits per heavy atom. The molecule has 0 aliphatic carbocycles. The molecule has 112 valence electrons. The average molecular weight is 306 g/mol. The molecule has 5 heteroatoms. The van der Waals surface area contributed by atoms with Crippen LogP contribution in [0, 0.1) is 0 Å². The fourth-order valence-corrected chi connectivity index (χ4v) is 2.48. The molecule has 1 atom stereocenters. The first kappa shape index (κ1) is 15.8. The van der Waals surface area contributed by atoms with Gasteiger partial charge in [-0.05, 0) is 24.2 Å². The van der Waals surface area contributed by atoms with E-state index in [-0.39, 0.29) is 6.04 Å². The van der Waals surface area contributed by atoms with E-state index >= 15 is 0 Å². The van der Waals surface area contributed by atoms with Crippen LogP contribution in [0.3, 0.4) is 0 Å². The molecule has 2 rings (SSSR count). The van der Waals surface area contributed by atoms with Crippen molar-refractivity contribution in [1.29, 1.82) is 0 Å². The predicted octanol–water partition coefficient (Wildman–Crippen LogP) is 2.88. The third kappa shape index (κ3) is 3.94. The Balaban J connectivity index is 2.14. The van der Waals surface area contributed by atoms with Gasteiger partial charge < -0.3 is 10.5 Å². The second kappa shape index (κ2) is 7.41. The van der Waals surface area contributed by atoms with E-state index in [4.69, 9.17) is 22.1 Å². The Labute approximate surface area is 130 Å². The highest BCUT2D eigenvalue weighted by Crippen LogP contribution is 2.23. The molecule has 1 aromatic heterocycles. The first-order chi connectivity index (χ1) is 10.2. The van der Waals surface area contributed by atoms with Crippen LogP contribution in [0.4, 0.5) is 0 Å². The van der Waals surface area contributed by atoms with Crippen LogP contribution in [-0.4, -0.2) is 30.6 Å². The van der Waals surface area contributed by atoms with E-state index < -0.39 is 0 Å². The number of hydrogen-bond donors (Lipinski definition) is 1. The van der Waals surface area contributed by atoms with Gasteiger partial charge in [0, 0.05) is 36.4 Å². The SMILES string of the molecule is COc1ccc(C(CN)N(C)Cc2ccccc2Cl)cn1. The van der Waals surface area contributed by atoms with Crippen molar-refractivity contribution in [1.82, 2.24) is 9.88 Å². The summed E-state index contributed by atoms with van der Waals surface area (Å²) in [5, 5.41) is 0.771. The quantitative estimate of drug-likeness (QED) is 0.891. The molecule has 0 aliphatic rings. The van der Waals surface area contributed by atoms with E-state index in [9.17, 15) is 0 Å². The van der Waals surface area contributed by atoms with Crippen LogP contribution in [0.2, 0.25) is 5.02 Å². The van der Waals surface area contributed by atoms with E-state index in [0.29, 0.717) is 12.4 Å². The molecular formula is C16H20ClN3O. The zero-order chi connectivity index (χ0) is 15.2. The van der Waals surface area contributed by atoms with Crippen molar-refractivity contribution >= 4 is 11.6 Å². The fourth-order valence-electron chi connectivity index (χ4n) is 2.29. The third-order valence-electron chi connectivity index (χ3n) is 3.49. The monoisotopic (exact) mass is 305 g/mol. The predicted molar refractivity (Wildman–Crippen MR) is 85.5 cm³/mol.